The van der Waals surface area contributed by atoms with Crippen LogP contribution in [0, 0.1) is 0 Å². The van der Waals surface area contributed by atoms with Gasteiger partial charge in [0.15, 0.2) is 10.9 Å². The summed E-state index contributed by atoms with van der Waals surface area (Å²) in [5.41, 5.74) is 1.41. The zero-order valence-electron chi connectivity index (χ0n) is 19.8. The molecule has 9 heteroatoms. The molecule has 36 heavy (non-hydrogen) atoms. The maximum atomic E-state index is 13.5. The minimum atomic E-state index is -0.834. The summed E-state index contributed by atoms with van der Waals surface area (Å²) in [6.45, 7) is 2.71. The number of benzene rings is 2. The first-order valence-corrected chi connectivity index (χ1v) is 13.2. The molecule has 0 bridgehead atoms. The van der Waals surface area contributed by atoms with Gasteiger partial charge < -0.3 is 14.6 Å². The fourth-order valence-electron chi connectivity index (χ4n) is 4.09. The normalized spacial score (nSPS) is 15.7. The number of thiophene rings is 1. The molecule has 2 aromatic carbocycles. The van der Waals surface area contributed by atoms with Gasteiger partial charge in [-0.1, -0.05) is 42.9 Å². The highest BCUT2D eigenvalue weighted by Crippen LogP contribution is 2.45. The molecule has 1 unspecified atom stereocenters. The Kier molecular flexibility index (Phi) is 6.75. The molecule has 5 rings (SSSR count). The van der Waals surface area contributed by atoms with Gasteiger partial charge in [0.25, 0.3) is 5.91 Å². The number of thiazole rings is 1. The Balaban J connectivity index is 1.58. The monoisotopic (exact) mass is 520 g/mol. The molecular formula is C27H24N2O5S2. The fourth-order valence-corrected chi connectivity index (χ4v) is 5.79. The number of aromatic nitrogens is 1. The van der Waals surface area contributed by atoms with Crippen LogP contribution in [0.1, 0.15) is 41.0 Å². The van der Waals surface area contributed by atoms with Crippen molar-refractivity contribution >= 4 is 49.7 Å². The molecule has 0 fully saturated rings. The Bertz CT molecular complexity index is 1440. The van der Waals surface area contributed by atoms with E-state index in [-0.39, 0.29) is 11.4 Å². The van der Waals surface area contributed by atoms with Crippen molar-refractivity contribution in [3.63, 3.8) is 0 Å². The Hall–Kier alpha value is -3.69. The number of ketones is 1. The van der Waals surface area contributed by atoms with Crippen LogP contribution < -0.4 is 14.4 Å². The zero-order chi connectivity index (χ0) is 25.2. The smallest absolute Gasteiger partial charge is 0.296 e. The quantitative estimate of drug-likeness (QED) is 0.205. The average molecular weight is 521 g/mol. The Labute approximate surface area is 216 Å². The van der Waals surface area contributed by atoms with Crippen molar-refractivity contribution in [2.24, 2.45) is 0 Å². The van der Waals surface area contributed by atoms with Crippen molar-refractivity contribution in [1.29, 1.82) is 0 Å². The van der Waals surface area contributed by atoms with Crippen molar-refractivity contribution in [2.45, 2.75) is 25.8 Å². The number of unbranched alkanes of at least 4 members (excludes halogenated alkanes) is 1. The van der Waals surface area contributed by atoms with Crippen molar-refractivity contribution in [1.82, 2.24) is 4.98 Å². The molecule has 1 aliphatic rings. The number of amides is 1. The molecule has 1 aliphatic heterocycles. The van der Waals surface area contributed by atoms with E-state index >= 15 is 0 Å². The van der Waals surface area contributed by atoms with Crippen LogP contribution in [0.25, 0.3) is 10.2 Å². The van der Waals surface area contributed by atoms with E-state index in [1.165, 1.54) is 27.6 Å². The zero-order valence-corrected chi connectivity index (χ0v) is 21.4. The Morgan fingerprint density at radius 3 is 2.61 bits per heavy atom. The molecule has 1 N–H and O–H groups in total. The summed E-state index contributed by atoms with van der Waals surface area (Å²) < 4.78 is 11.9. The highest BCUT2D eigenvalue weighted by atomic mass is 32.1. The third-order valence-corrected chi connectivity index (χ3v) is 7.84. The van der Waals surface area contributed by atoms with Crippen molar-refractivity contribution in [3.05, 3.63) is 81.8 Å². The lowest BCUT2D eigenvalue weighted by Crippen LogP contribution is -2.30. The van der Waals surface area contributed by atoms with Gasteiger partial charge in [0.1, 0.15) is 11.5 Å². The maximum Gasteiger partial charge on any atom is 0.296 e. The first-order chi connectivity index (χ1) is 17.5. The first kappa shape index (κ1) is 24.0. The number of aliphatic hydroxyl groups excluding tert-OH is 1. The largest absolute Gasteiger partial charge is 0.503 e. The number of aliphatic hydroxyl groups is 1. The van der Waals surface area contributed by atoms with E-state index in [2.05, 4.69) is 11.9 Å². The van der Waals surface area contributed by atoms with Crippen LogP contribution >= 0.6 is 22.7 Å². The number of hydrogen-bond acceptors (Lipinski definition) is 8. The topological polar surface area (TPSA) is 89.0 Å². The van der Waals surface area contributed by atoms with E-state index in [4.69, 9.17) is 9.47 Å². The Morgan fingerprint density at radius 2 is 1.92 bits per heavy atom. The number of fused-ring (bicyclic) bond motifs is 1. The first-order valence-electron chi connectivity index (χ1n) is 11.5. The van der Waals surface area contributed by atoms with Gasteiger partial charge in [-0.05, 0) is 53.8 Å². The van der Waals surface area contributed by atoms with Crippen LogP contribution in [-0.2, 0) is 4.79 Å². The van der Waals surface area contributed by atoms with E-state index in [0.29, 0.717) is 39.2 Å². The SMILES string of the molecule is CCCCOc1ccc(C2C(C(=O)c3cccs3)=C(O)C(=O)N2c2nc3ccc(OC)cc3s2)cc1. The highest BCUT2D eigenvalue weighted by molar-refractivity contribution is 7.22. The van der Waals surface area contributed by atoms with Gasteiger partial charge in [-0.15, -0.1) is 11.3 Å². The van der Waals surface area contributed by atoms with Crippen LogP contribution in [0.4, 0.5) is 5.13 Å². The van der Waals surface area contributed by atoms with E-state index in [0.717, 1.165) is 17.5 Å². The summed E-state index contributed by atoms with van der Waals surface area (Å²) >= 11 is 2.56. The summed E-state index contributed by atoms with van der Waals surface area (Å²) in [6, 6.07) is 15.4. The average Bonchev–Trinajstić information content (AvgIpc) is 3.63. The lowest BCUT2D eigenvalue weighted by Gasteiger charge is -2.24. The van der Waals surface area contributed by atoms with Crippen molar-refractivity contribution < 1.29 is 24.2 Å². The summed E-state index contributed by atoms with van der Waals surface area (Å²) in [7, 11) is 1.59. The number of ether oxygens (including phenoxy) is 2. The van der Waals surface area contributed by atoms with Gasteiger partial charge in [0.05, 0.1) is 40.4 Å². The molecule has 0 saturated carbocycles. The highest BCUT2D eigenvalue weighted by Gasteiger charge is 2.46. The fraction of sp³-hybridized carbons (Fsp3) is 0.222. The molecule has 184 valence electrons. The summed E-state index contributed by atoms with van der Waals surface area (Å²) in [5, 5.41) is 13.1. The standard InChI is InChI=1S/C27H24N2O5S2/c1-3-4-13-34-17-9-7-16(8-10-17)23-22(24(30)20-6-5-14-35-20)25(31)26(32)29(23)27-28-19-12-11-18(33-2)15-21(19)36-27/h5-12,14-15,23,31H,3-4,13H2,1-2H3. The molecule has 1 amide bonds. The van der Waals surface area contributed by atoms with Crippen LogP contribution in [0.5, 0.6) is 11.5 Å². The number of nitrogens with zero attached hydrogens (tertiary/aromatic N) is 2. The number of hydrogen-bond donors (Lipinski definition) is 1. The van der Waals surface area contributed by atoms with E-state index in [1.54, 1.807) is 30.7 Å². The molecular weight excluding hydrogens is 496 g/mol. The second-order valence-electron chi connectivity index (χ2n) is 8.25. The number of Topliss-reactive ketones (excluding diaryl/α,β-unsaturated/α-hetero) is 1. The third-order valence-electron chi connectivity index (χ3n) is 5.95. The van der Waals surface area contributed by atoms with Gasteiger partial charge in [-0.2, -0.15) is 0 Å². The van der Waals surface area contributed by atoms with Crippen LogP contribution in [-0.4, -0.2) is 35.5 Å². The minimum absolute atomic E-state index is 0.0407. The van der Waals surface area contributed by atoms with Crippen LogP contribution in [0.2, 0.25) is 0 Å². The molecule has 0 spiro atoms. The summed E-state index contributed by atoms with van der Waals surface area (Å²) in [5.74, 6) is -0.216. The lowest BCUT2D eigenvalue weighted by atomic mass is 9.95. The van der Waals surface area contributed by atoms with E-state index in [9.17, 15) is 14.7 Å². The van der Waals surface area contributed by atoms with Gasteiger partial charge in [0.2, 0.25) is 5.78 Å². The molecule has 7 nitrogen and oxygen atoms in total. The molecule has 2 aromatic heterocycles. The van der Waals surface area contributed by atoms with E-state index < -0.39 is 17.7 Å². The Morgan fingerprint density at radius 1 is 1.14 bits per heavy atom. The molecule has 3 heterocycles. The molecule has 4 aromatic rings. The van der Waals surface area contributed by atoms with Gasteiger partial charge in [0, 0.05) is 0 Å². The number of methoxy groups -OCH3 is 1. The summed E-state index contributed by atoms with van der Waals surface area (Å²) in [4.78, 5) is 33.4. The van der Waals surface area contributed by atoms with Gasteiger partial charge in [-0.3, -0.25) is 14.5 Å². The number of carbonyl (C=O) groups excluding carboxylic acids is 2. The minimum Gasteiger partial charge on any atom is -0.503 e. The second-order valence-corrected chi connectivity index (χ2v) is 10.2. The van der Waals surface area contributed by atoms with Crippen LogP contribution in [0.15, 0.2) is 71.3 Å². The van der Waals surface area contributed by atoms with Crippen molar-refractivity contribution in [2.75, 3.05) is 18.6 Å². The maximum absolute atomic E-state index is 13.5. The molecule has 0 aliphatic carbocycles. The van der Waals surface area contributed by atoms with Gasteiger partial charge >= 0.3 is 0 Å². The number of anilines is 1. The molecule has 0 radical (unpaired) electrons. The third kappa shape index (κ3) is 4.36. The summed E-state index contributed by atoms with van der Waals surface area (Å²) in [6.07, 6.45) is 1.98. The number of carbonyl (C=O) groups is 2. The predicted molar refractivity (Wildman–Crippen MR) is 142 cm³/mol. The molecule has 1 atom stereocenters. The van der Waals surface area contributed by atoms with Crippen molar-refractivity contribution in [3.8, 4) is 11.5 Å². The molecule has 0 saturated heterocycles. The van der Waals surface area contributed by atoms with E-state index in [1.807, 2.05) is 36.4 Å². The van der Waals surface area contributed by atoms with Crippen LogP contribution in [0.3, 0.4) is 0 Å². The van der Waals surface area contributed by atoms with Gasteiger partial charge in [-0.25, -0.2) is 4.98 Å². The predicted octanol–water partition coefficient (Wildman–Crippen LogP) is 6.33. The number of rotatable bonds is 9. The second kappa shape index (κ2) is 10.1. The lowest BCUT2D eigenvalue weighted by molar-refractivity contribution is -0.117.